The first-order valence-electron chi connectivity index (χ1n) is 14.6. The number of rotatable bonds is 5. The van der Waals surface area contributed by atoms with E-state index in [0.717, 1.165) is 45.0 Å². The first-order chi connectivity index (χ1) is 21.2. The number of benzene rings is 7. The summed E-state index contributed by atoms with van der Waals surface area (Å²) in [7, 11) is 0. The summed E-state index contributed by atoms with van der Waals surface area (Å²) in [6.07, 6.45) is 0. The number of nitrogens with one attached hydrogen (secondary N) is 1. The molecule has 0 saturated heterocycles. The molecular weight excluding hydrogens is 522 g/mol. The predicted octanol–water partition coefficient (Wildman–Crippen LogP) is 10.6. The van der Waals surface area contributed by atoms with Gasteiger partial charge in [0.15, 0.2) is 0 Å². The largest absolute Gasteiger partial charge is 0.399 e. The van der Waals surface area contributed by atoms with Gasteiger partial charge in [-0.15, -0.1) is 0 Å². The van der Waals surface area contributed by atoms with E-state index in [-0.39, 0.29) is 0 Å². The number of nitrogens with zero attached hydrogens (tertiary/aromatic N) is 1. The fraction of sp³-hybridized carbons (Fsp3) is 0. The first kappa shape index (κ1) is 25.0. The van der Waals surface area contributed by atoms with Gasteiger partial charge in [0.25, 0.3) is 0 Å². The molecule has 8 rings (SSSR count). The van der Waals surface area contributed by atoms with Crippen molar-refractivity contribution in [3.63, 3.8) is 0 Å². The van der Waals surface area contributed by atoms with E-state index in [2.05, 4.69) is 137 Å². The summed E-state index contributed by atoms with van der Waals surface area (Å²) in [5.41, 5.74) is 17.1. The molecule has 204 valence electrons. The molecule has 0 unspecified atom stereocenters. The second-order valence-electron chi connectivity index (χ2n) is 11.0. The van der Waals surface area contributed by atoms with Gasteiger partial charge in [-0.05, 0) is 99.8 Å². The molecule has 0 fully saturated rings. The van der Waals surface area contributed by atoms with E-state index < -0.39 is 0 Å². The molecule has 0 spiro atoms. The number of anilines is 3. The summed E-state index contributed by atoms with van der Waals surface area (Å²) in [5.74, 6) is 0. The van der Waals surface area contributed by atoms with Crippen molar-refractivity contribution in [1.82, 2.24) is 4.57 Å². The fourth-order valence-electron chi connectivity index (χ4n) is 6.20. The minimum absolute atomic E-state index is 0.760. The fourth-order valence-corrected chi connectivity index (χ4v) is 6.20. The lowest BCUT2D eigenvalue weighted by Gasteiger charge is -2.15. The van der Waals surface area contributed by atoms with Gasteiger partial charge < -0.3 is 15.6 Å². The summed E-state index contributed by atoms with van der Waals surface area (Å²) in [5, 5.41) is 8.53. The van der Waals surface area contributed by atoms with Gasteiger partial charge in [-0.1, -0.05) is 91.0 Å². The number of hydrogen-bond donors (Lipinski definition) is 2. The zero-order valence-electron chi connectivity index (χ0n) is 23.5. The van der Waals surface area contributed by atoms with Crippen LogP contribution in [0.2, 0.25) is 0 Å². The van der Waals surface area contributed by atoms with Crippen LogP contribution in [-0.4, -0.2) is 4.57 Å². The number of hydrogen-bond acceptors (Lipinski definition) is 2. The Morgan fingerprint density at radius 1 is 0.442 bits per heavy atom. The zero-order chi connectivity index (χ0) is 28.8. The van der Waals surface area contributed by atoms with Crippen molar-refractivity contribution in [2.45, 2.75) is 0 Å². The van der Waals surface area contributed by atoms with E-state index in [1.54, 1.807) is 0 Å². The van der Waals surface area contributed by atoms with Crippen LogP contribution in [0.5, 0.6) is 0 Å². The quantitative estimate of drug-likeness (QED) is 0.209. The molecule has 0 aliphatic heterocycles. The number of aromatic nitrogens is 1. The number of nitrogens with two attached hydrogens (primary N) is 1. The highest BCUT2D eigenvalue weighted by atomic mass is 15.0. The lowest BCUT2D eigenvalue weighted by atomic mass is 9.93. The zero-order valence-corrected chi connectivity index (χ0v) is 23.5. The molecule has 0 atom stereocenters. The van der Waals surface area contributed by atoms with Gasteiger partial charge in [-0.2, -0.15) is 0 Å². The molecule has 3 N–H and O–H groups in total. The topological polar surface area (TPSA) is 43.0 Å². The van der Waals surface area contributed by atoms with E-state index in [0.29, 0.717) is 0 Å². The second kappa shape index (κ2) is 10.2. The van der Waals surface area contributed by atoms with E-state index in [1.807, 2.05) is 30.3 Å². The van der Waals surface area contributed by atoms with Crippen molar-refractivity contribution < 1.29 is 0 Å². The van der Waals surface area contributed by atoms with Gasteiger partial charge in [0.1, 0.15) is 0 Å². The molecule has 3 heteroatoms. The third-order valence-electron chi connectivity index (χ3n) is 8.28. The molecule has 0 bridgehead atoms. The molecule has 0 aliphatic rings. The summed E-state index contributed by atoms with van der Waals surface area (Å²) < 4.78 is 2.38. The minimum Gasteiger partial charge on any atom is -0.399 e. The smallest absolute Gasteiger partial charge is 0.0541 e. The summed E-state index contributed by atoms with van der Waals surface area (Å²) in [6.45, 7) is 0. The molecular formula is C40H29N3. The van der Waals surface area contributed by atoms with Crippen LogP contribution >= 0.6 is 0 Å². The highest BCUT2D eigenvalue weighted by Gasteiger charge is 2.16. The maximum absolute atomic E-state index is 6.05. The predicted molar refractivity (Wildman–Crippen MR) is 183 cm³/mol. The van der Waals surface area contributed by atoms with Crippen LogP contribution in [0.25, 0.3) is 60.5 Å². The lowest BCUT2D eigenvalue weighted by Crippen LogP contribution is -1.94. The van der Waals surface area contributed by atoms with Gasteiger partial charge in [0.2, 0.25) is 0 Å². The average molecular weight is 552 g/mol. The van der Waals surface area contributed by atoms with E-state index in [9.17, 15) is 0 Å². The molecule has 0 saturated carbocycles. The van der Waals surface area contributed by atoms with Gasteiger partial charge in [-0.25, -0.2) is 0 Å². The van der Waals surface area contributed by atoms with Gasteiger partial charge in [0.05, 0.1) is 11.0 Å². The molecule has 3 nitrogen and oxygen atoms in total. The monoisotopic (exact) mass is 551 g/mol. The SMILES string of the molecule is Nc1ccc(-c2ccc(Nc3ccccc3)cc2-c2ccc3c(c2)c2ccccc2n3-c2ccc3ccccc3c2)cc1. The Morgan fingerprint density at radius 2 is 1.16 bits per heavy atom. The van der Waals surface area contributed by atoms with Crippen molar-refractivity contribution in [2.24, 2.45) is 0 Å². The third kappa shape index (κ3) is 4.48. The van der Waals surface area contributed by atoms with Crippen LogP contribution in [0.15, 0.2) is 158 Å². The number of nitrogen functional groups attached to an aromatic ring is 1. The molecule has 1 heterocycles. The highest BCUT2D eigenvalue weighted by molar-refractivity contribution is 6.11. The van der Waals surface area contributed by atoms with E-state index in [4.69, 9.17) is 5.73 Å². The van der Waals surface area contributed by atoms with Crippen LogP contribution < -0.4 is 11.1 Å². The van der Waals surface area contributed by atoms with Crippen LogP contribution in [0.3, 0.4) is 0 Å². The molecule has 43 heavy (non-hydrogen) atoms. The van der Waals surface area contributed by atoms with E-state index in [1.165, 1.54) is 32.6 Å². The summed E-state index contributed by atoms with van der Waals surface area (Å²) >= 11 is 0. The second-order valence-corrected chi connectivity index (χ2v) is 11.0. The average Bonchev–Trinajstić information content (AvgIpc) is 3.39. The Kier molecular flexibility index (Phi) is 5.94. The van der Waals surface area contributed by atoms with Crippen LogP contribution in [0.4, 0.5) is 17.1 Å². The van der Waals surface area contributed by atoms with Crippen LogP contribution in [0, 0.1) is 0 Å². The summed E-state index contributed by atoms with van der Waals surface area (Å²) in [6, 6.07) is 55.8. The number of fused-ring (bicyclic) bond motifs is 4. The normalized spacial score (nSPS) is 11.3. The Hall–Kier alpha value is -5.80. The van der Waals surface area contributed by atoms with Crippen molar-refractivity contribution in [2.75, 3.05) is 11.1 Å². The standard InChI is InChI=1S/C40H29N3/c41-31-18-14-28(15-19-31)35-22-20-33(42-32-10-2-1-3-11-32)26-37(35)30-17-23-40-38(25-30)36-12-6-7-13-39(36)43(40)34-21-16-27-8-4-5-9-29(27)24-34/h1-26,42H,41H2. The maximum Gasteiger partial charge on any atom is 0.0541 e. The van der Waals surface area contributed by atoms with Gasteiger partial charge in [0, 0.05) is 33.5 Å². The lowest BCUT2D eigenvalue weighted by molar-refractivity contribution is 1.19. The highest BCUT2D eigenvalue weighted by Crippen LogP contribution is 2.40. The van der Waals surface area contributed by atoms with Crippen LogP contribution in [-0.2, 0) is 0 Å². The van der Waals surface area contributed by atoms with Crippen molar-refractivity contribution in [3.05, 3.63) is 158 Å². The van der Waals surface area contributed by atoms with E-state index >= 15 is 0 Å². The molecule has 7 aromatic carbocycles. The van der Waals surface area contributed by atoms with Crippen molar-refractivity contribution in [1.29, 1.82) is 0 Å². The van der Waals surface area contributed by atoms with Crippen molar-refractivity contribution >= 4 is 49.6 Å². The first-order valence-corrected chi connectivity index (χ1v) is 14.6. The minimum atomic E-state index is 0.760. The van der Waals surface area contributed by atoms with Gasteiger partial charge in [-0.3, -0.25) is 0 Å². The van der Waals surface area contributed by atoms with Gasteiger partial charge >= 0.3 is 0 Å². The third-order valence-corrected chi connectivity index (χ3v) is 8.28. The molecule has 8 aromatic rings. The molecule has 0 aliphatic carbocycles. The Balaban J connectivity index is 1.33. The Bertz CT molecular complexity index is 2260. The van der Waals surface area contributed by atoms with Crippen LogP contribution in [0.1, 0.15) is 0 Å². The summed E-state index contributed by atoms with van der Waals surface area (Å²) in [4.78, 5) is 0. The number of para-hydroxylation sites is 2. The Morgan fingerprint density at radius 3 is 2.02 bits per heavy atom. The molecule has 1 aromatic heterocycles. The Labute approximate surface area is 250 Å². The van der Waals surface area contributed by atoms with Crippen molar-refractivity contribution in [3.8, 4) is 27.9 Å². The molecule has 0 radical (unpaired) electrons. The molecule has 0 amide bonds. The maximum atomic E-state index is 6.05.